The van der Waals surface area contributed by atoms with Crippen LogP contribution in [0.1, 0.15) is 42.1 Å². The average molecular weight is 400 g/mol. The minimum absolute atomic E-state index is 0.0619. The molecule has 2 heterocycles. The quantitative estimate of drug-likeness (QED) is 0.659. The first-order valence-electron chi connectivity index (χ1n) is 8.37. The fourth-order valence-corrected chi connectivity index (χ4v) is 3.35. The molecule has 0 aliphatic heterocycles. The lowest BCUT2D eigenvalue weighted by Crippen LogP contribution is -2.24. The molecule has 11 heteroatoms. The molecule has 0 amide bonds. The number of hydrogen-bond donors (Lipinski definition) is 2. The fraction of sp³-hybridized carbons (Fsp3) is 0.353. The summed E-state index contributed by atoms with van der Waals surface area (Å²) < 4.78 is 66.4. The molecule has 6 nitrogen and oxygen atoms in total. The van der Waals surface area contributed by atoms with Crippen LogP contribution in [0.15, 0.2) is 33.9 Å². The Kier molecular flexibility index (Phi) is 4.12. The minimum atomic E-state index is -4.51. The van der Waals surface area contributed by atoms with Gasteiger partial charge >= 0.3 is 11.9 Å². The van der Waals surface area contributed by atoms with Crippen molar-refractivity contribution in [2.24, 2.45) is 5.92 Å². The molecule has 1 saturated carbocycles. The minimum Gasteiger partial charge on any atom is -0.291 e. The summed E-state index contributed by atoms with van der Waals surface area (Å²) in [7, 11) is 0. The Hall–Kier alpha value is -2.98. The van der Waals surface area contributed by atoms with E-state index in [1.54, 1.807) is 0 Å². The summed E-state index contributed by atoms with van der Waals surface area (Å²) in [5.74, 6) is -0.0619. The van der Waals surface area contributed by atoms with Gasteiger partial charge in [0.1, 0.15) is 16.7 Å². The molecule has 0 bridgehead atoms. The van der Waals surface area contributed by atoms with Gasteiger partial charge in [-0.2, -0.15) is 18.3 Å². The van der Waals surface area contributed by atoms with E-state index in [0.717, 1.165) is 16.8 Å². The van der Waals surface area contributed by atoms with Crippen LogP contribution >= 0.6 is 0 Å². The smallest absolute Gasteiger partial charge is 0.291 e. The number of benzene rings is 1. The number of aromatic amines is 2. The third kappa shape index (κ3) is 3.10. The zero-order chi connectivity index (χ0) is 20.2. The van der Waals surface area contributed by atoms with Crippen LogP contribution in [-0.2, 0) is 6.18 Å². The predicted octanol–water partition coefficient (Wildman–Crippen LogP) is 3.37. The van der Waals surface area contributed by atoms with Gasteiger partial charge in [0.25, 0.3) is 12.0 Å². The highest BCUT2D eigenvalue weighted by molar-refractivity contribution is 5.77. The highest BCUT2D eigenvalue weighted by atomic mass is 19.4. The number of nitrogens with one attached hydrogen (secondary N) is 2. The van der Waals surface area contributed by atoms with Gasteiger partial charge in [0.15, 0.2) is 0 Å². The lowest BCUT2D eigenvalue weighted by atomic mass is 10.0. The van der Waals surface area contributed by atoms with Crippen molar-refractivity contribution in [3.05, 3.63) is 61.9 Å². The number of halogens is 5. The van der Waals surface area contributed by atoms with Gasteiger partial charge in [-0.15, -0.1) is 0 Å². The Morgan fingerprint density at radius 1 is 1.07 bits per heavy atom. The molecule has 0 radical (unpaired) electrons. The van der Waals surface area contributed by atoms with Crippen LogP contribution in [0.4, 0.5) is 22.0 Å². The van der Waals surface area contributed by atoms with Gasteiger partial charge < -0.3 is 0 Å². The van der Waals surface area contributed by atoms with Gasteiger partial charge in [0, 0.05) is 0 Å². The van der Waals surface area contributed by atoms with Crippen molar-refractivity contribution in [1.82, 2.24) is 19.7 Å². The maximum absolute atomic E-state index is 13.4. The normalized spacial score (nSPS) is 16.1. The Morgan fingerprint density at radius 3 is 2.25 bits per heavy atom. The lowest BCUT2D eigenvalue weighted by Gasteiger charge is -2.19. The highest BCUT2D eigenvalue weighted by Crippen LogP contribution is 2.45. The lowest BCUT2D eigenvalue weighted by molar-refractivity contribution is -0.137. The molecule has 4 rings (SSSR count). The molecular formula is C17H13F5N4O2. The number of hydrogen-bond acceptors (Lipinski definition) is 3. The maximum Gasteiger partial charge on any atom is 0.416 e. The van der Waals surface area contributed by atoms with Crippen LogP contribution in [0.2, 0.25) is 0 Å². The monoisotopic (exact) mass is 400 g/mol. The number of alkyl halides is 5. The van der Waals surface area contributed by atoms with Crippen LogP contribution in [0.3, 0.4) is 0 Å². The van der Waals surface area contributed by atoms with Crippen molar-refractivity contribution in [2.45, 2.75) is 31.5 Å². The first-order chi connectivity index (χ1) is 13.2. The van der Waals surface area contributed by atoms with E-state index in [-0.39, 0.29) is 11.6 Å². The Bertz CT molecular complexity index is 1140. The molecule has 1 aliphatic carbocycles. The molecule has 148 valence electrons. The third-order valence-corrected chi connectivity index (χ3v) is 4.74. The van der Waals surface area contributed by atoms with Crippen molar-refractivity contribution in [3.8, 4) is 0 Å². The summed E-state index contributed by atoms with van der Waals surface area (Å²) in [6.45, 7) is 0. The highest BCUT2D eigenvalue weighted by Gasteiger charge is 2.38. The SMILES string of the molecule is O=c1[nH]c(=O)c2c(C(F)F)nn([C@H](c3ccc(C(F)(F)F)cc3)C3CC3)c2[nH]1. The van der Waals surface area contributed by atoms with Gasteiger partial charge in [0.2, 0.25) is 0 Å². The molecule has 1 atom stereocenters. The van der Waals surface area contributed by atoms with Gasteiger partial charge in [0.05, 0.1) is 11.6 Å². The summed E-state index contributed by atoms with van der Waals surface area (Å²) in [6, 6.07) is 3.63. The molecule has 0 saturated heterocycles. The molecule has 28 heavy (non-hydrogen) atoms. The van der Waals surface area contributed by atoms with E-state index in [1.165, 1.54) is 12.1 Å². The van der Waals surface area contributed by atoms with Gasteiger partial charge in [-0.3, -0.25) is 14.8 Å². The third-order valence-electron chi connectivity index (χ3n) is 4.74. The van der Waals surface area contributed by atoms with E-state index in [0.29, 0.717) is 18.4 Å². The van der Waals surface area contributed by atoms with Crippen LogP contribution in [0.5, 0.6) is 0 Å². The van der Waals surface area contributed by atoms with Crippen molar-refractivity contribution < 1.29 is 22.0 Å². The molecule has 2 N–H and O–H groups in total. The molecule has 0 spiro atoms. The van der Waals surface area contributed by atoms with Crippen molar-refractivity contribution in [2.75, 3.05) is 0 Å². The average Bonchev–Trinajstić information content (AvgIpc) is 3.36. The van der Waals surface area contributed by atoms with E-state index in [1.807, 2.05) is 4.98 Å². The Balaban J connectivity index is 1.91. The summed E-state index contributed by atoms with van der Waals surface area (Å²) in [6.07, 6.45) is -6.15. The van der Waals surface area contributed by atoms with Crippen LogP contribution in [0, 0.1) is 5.92 Å². The Morgan fingerprint density at radius 2 is 1.71 bits per heavy atom. The topological polar surface area (TPSA) is 83.5 Å². The largest absolute Gasteiger partial charge is 0.416 e. The Labute approximate surface area is 153 Å². The number of aromatic nitrogens is 4. The van der Waals surface area contributed by atoms with Crippen molar-refractivity contribution >= 4 is 11.0 Å². The van der Waals surface area contributed by atoms with Crippen LogP contribution in [-0.4, -0.2) is 19.7 Å². The molecule has 1 fully saturated rings. The summed E-state index contributed by atoms with van der Waals surface area (Å²) in [5.41, 5.74) is -3.27. The molecule has 2 aromatic heterocycles. The van der Waals surface area contributed by atoms with Crippen LogP contribution in [0.25, 0.3) is 11.0 Å². The predicted molar refractivity (Wildman–Crippen MR) is 88.2 cm³/mol. The van der Waals surface area contributed by atoms with E-state index in [9.17, 15) is 31.5 Å². The van der Waals surface area contributed by atoms with Gasteiger partial charge in [-0.05, 0) is 36.5 Å². The first-order valence-corrected chi connectivity index (χ1v) is 8.37. The molecule has 1 aliphatic rings. The fourth-order valence-electron chi connectivity index (χ4n) is 3.35. The zero-order valence-corrected chi connectivity index (χ0v) is 14.1. The van der Waals surface area contributed by atoms with Crippen molar-refractivity contribution in [1.29, 1.82) is 0 Å². The molecular weight excluding hydrogens is 387 g/mol. The van der Waals surface area contributed by atoms with Crippen molar-refractivity contribution in [3.63, 3.8) is 0 Å². The summed E-state index contributed by atoms with van der Waals surface area (Å²) >= 11 is 0. The number of nitrogens with zero attached hydrogens (tertiary/aromatic N) is 2. The number of fused-ring (bicyclic) bond motifs is 1. The standard InChI is InChI=1S/C17H13F5N4O2/c18-13(19)11-10-14(23-16(28)24-15(10)27)26(25-11)12(7-1-2-7)8-3-5-9(6-4-8)17(20,21)22/h3-7,12-13H,1-2H2,(H2,23,24,27,28)/t12-/m0/s1. The number of rotatable bonds is 4. The molecule has 3 aromatic rings. The van der Waals surface area contributed by atoms with Gasteiger partial charge in [-0.1, -0.05) is 12.1 Å². The summed E-state index contributed by atoms with van der Waals surface area (Å²) in [5, 5.41) is 3.42. The molecule has 1 aromatic carbocycles. The van der Waals surface area contributed by atoms with E-state index >= 15 is 0 Å². The van der Waals surface area contributed by atoms with Gasteiger partial charge in [-0.25, -0.2) is 18.3 Å². The maximum atomic E-state index is 13.4. The second-order valence-electron chi connectivity index (χ2n) is 6.66. The summed E-state index contributed by atoms with van der Waals surface area (Å²) in [4.78, 5) is 27.9. The zero-order valence-electron chi connectivity index (χ0n) is 14.1. The second-order valence-corrected chi connectivity index (χ2v) is 6.66. The van der Waals surface area contributed by atoms with E-state index in [4.69, 9.17) is 0 Å². The molecule has 0 unspecified atom stereocenters. The first kappa shape index (κ1) is 18.4. The van der Waals surface area contributed by atoms with Crippen LogP contribution < -0.4 is 11.2 Å². The van der Waals surface area contributed by atoms with E-state index < -0.39 is 46.5 Å². The number of H-pyrrole nitrogens is 2. The second kappa shape index (κ2) is 6.28. The van der Waals surface area contributed by atoms with E-state index in [2.05, 4.69) is 10.1 Å².